The van der Waals surface area contributed by atoms with Crippen molar-refractivity contribution in [1.82, 2.24) is 10.2 Å². The molecule has 2 aromatic rings. The second-order valence-corrected chi connectivity index (χ2v) is 7.32. The third kappa shape index (κ3) is 4.66. The van der Waals surface area contributed by atoms with Crippen LogP contribution in [0.1, 0.15) is 36.1 Å². The quantitative estimate of drug-likeness (QED) is 0.906. The van der Waals surface area contributed by atoms with Crippen molar-refractivity contribution in [2.75, 3.05) is 19.5 Å². The third-order valence-electron chi connectivity index (χ3n) is 3.02. The molecule has 0 saturated heterocycles. The van der Waals surface area contributed by atoms with E-state index in [9.17, 15) is 4.79 Å². The number of nitrogens with zero attached hydrogens (tertiary/aromatic N) is 2. The molecule has 0 radical (unpaired) electrons. The van der Waals surface area contributed by atoms with Crippen molar-refractivity contribution in [1.29, 1.82) is 0 Å². The first-order chi connectivity index (χ1) is 10.8. The van der Waals surface area contributed by atoms with Crippen molar-refractivity contribution in [2.45, 2.75) is 27.2 Å². The number of hydrogen-bond donors (Lipinski definition) is 1. The van der Waals surface area contributed by atoms with Crippen LogP contribution in [-0.4, -0.2) is 30.3 Å². The summed E-state index contributed by atoms with van der Waals surface area (Å²) in [5.74, 6) is 0.783. The van der Waals surface area contributed by atoms with Crippen LogP contribution >= 0.6 is 11.3 Å². The lowest BCUT2D eigenvalue weighted by molar-refractivity contribution is 0.102. The molecule has 0 bridgehead atoms. The highest BCUT2D eigenvalue weighted by atomic mass is 32.1. The van der Waals surface area contributed by atoms with Crippen molar-refractivity contribution < 1.29 is 14.3 Å². The molecule has 1 amide bonds. The zero-order valence-corrected chi connectivity index (χ0v) is 14.8. The van der Waals surface area contributed by atoms with Gasteiger partial charge in [0.05, 0.1) is 19.8 Å². The summed E-state index contributed by atoms with van der Waals surface area (Å²) in [4.78, 5) is 12.4. The second-order valence-electron chi connectivity index (χ2n) is 6.26. The van der Waals surface area contributed by atoms with E-state index in [0.29, 0.717) is 22.2 Å². The van der Waals surface area contributed by atoms with Crippen LogP contribution in [-0.2, 0) is 6.42 Å². The fourth-order valence-corrected chi connectivity index (χ4v) is 3.02. The van der Waals surface area contributed by atoms with E-state index in [1.807, 2.05) is 0 Å². The van der Waals surface area contributed by atoms with Gasteiger partial charge in [-0.05, 0) is 17.5 Å². The Morgan fingerprint density at radius 2 is 1.96 bits per heavy atom. The van der Waals surface area contributed by atoms with E-state index in [0.717, 1.165) is 11.4 Å². The normalized spacial score (nSPS) is 11.2. The number of nitrogens with one attached hydrogen (secondary N) is 1. The van der Waals surface area contributed by atoms with Crippen molar-refractivity contribution >= 4 is 22.4 Å². The maximum atomic E-state index is 12.4. The molecule has 2 rings (SSSR count). The number of aromatic nitrogens is 2. The highest BCUT2D eigenvalue weighted by Gasteiger charge is 2.18. The Morgan fingerprint density at radius 3 is 2.57 bits per heavy atom. The average Bonchev–Trinajstić information content (AvgIpc) is 2.91. The second kappa shape index (κ2) is 6.95. The Kier molecular flexibility index (Phi) is 5.20. The van der Waals surface area contributed by atoms with E-state index in [1.54, 1.807) is 25.3 Å². The Morgan fingerprint density at radius 1 is 1.22 bits per heavy atom. The van der Waals surface area contributed by atoms with Crippen LogP contribution in [0, 0.1) is 5.41 Å². The summed E-state index contributed by atoms with van der Waals surface area (Å²) in [6.45, 7) is 6.40. The van der Waals surface area contributed by atoms with Gasteiger partial charge in [-0.15, -0.1) is 10.2 Å². The van der Waals surface area contributed by atoms with Gasteiger partial charge in [-0.25, -0.2) is 0 Å². The zero-order chi connectivity index (χ0) is 17.0. The molecule has 23 heavy (non-hydrogen) atoms. The third-order valence-corrected chi connectivity index (χ3v) is 3.86. The summed E-state index contributed by atoms with van der Waals surface area (Å²) < 4.78 is 10.4. The van der Waals surface area contributed by atoms with Gasteiger partial charge in [-0.3, -0.25) is 10.1 Å². The molecule has 0 aliphatic heterocycles. The maximum Gasteiger partial charge on any atom is 0.261 e. The fourth-order valence-electron chi connectivity index (χ4n) is 1.98. The first kappa shape index (κ1) is 17.2. The number of rotatable bonds is 5. The molecule has 0 fully saturated rings. The van der Waals surface area contributed by atoms with Gasteiger partial charge in [0.2, 0.25) is 5.13 Å². The van der Waals surface area contributed by atoms with Gasteiger partial charge in [-0.1, -0.05) is 32.1 Å². The highest BCUT2D eigenvalue weighted by molar-refractivity contribution is 7.15. The first-order valence-corrected chi connectivity index (χ1v) is 8.00. The van der Waals surface area contributed by atoms with Crippen LogP contribution < -0.4 is 14.8 Å². The average molecular weight is 335 g/mol. The standard InChI is InChI=1S/C16H21N3O3S/c1-16(2,3)9-13-18-19-15(23-13)17-14(20)11-7-6-10(21-4)8-12(11)22-5/h6-8H,9H2,1-5H3,(H,17,19,20). The van der Waals surface area contributed by atoms with Gasteiger partial charge in [-0.2, -0.15) is 0 Å². The molecule has 6 nitrogen and oxygen atoms in total. The number of hydrogen-bond acceptors (Lipinski definition) is 6. The molecular weight excluding hydrogens is 314 g/mol. The van der Waals surface area contributed by atoms with E-state index in [4.69, 9.17) is 9.47 Å². The van der Waals surface area contributed by atoms with Gasteiger partial charge in [0.1, 0.15) is 16.5 Å². The number of carbonyl (C=O) groups excluding carboxylic acids is 1. The van der Waals surface area contributed by atoms with E-state index >= 15 is 0 Å². The molecule has 0 atom stereocenters. The molecular formula is C16H21N3O3S. The summed E-state index contributed by atoms with van der Waals surface area (Å²) in [6.07, 6.45) is 0.812. The molecule has 1 aromatic carbocycles. The molecule has 0 saturated carbocycles. The Balaban J connectivity index is 2.13. The lowest BCUT2D eigenvalue weighted by atomic mass is 9.93. The first-order valence-electron chi connectivity index (χ1n) is 7.18. The van der Waals surface area contributed by atoms with Gasteiger partial charge in [0.25, 0.3) is 5.91 Å². The van der Waals surface area contributed by atoms with Crippen molar-refractivity contribution in [3.63, 3.8) is 0 Å². The monoisotopic (exact) mass is 335 g/mol. The van der Waals surface area contributed by atoms with Crippen molar-refractivity contribution in [2.24, 2.45) is 5.41 Å². The molecule has 1 aromatic heterocycles. The van der Waals surface area contributed by atoms with Gasteiger partial charge < -0.3 is 9.47 Å². The van der Waals surface area contributed by atoms with Crippen LogP contribution in [0.25, 0.3) is 0 Å². The topological polar surface area (TPSA) is 73.3 Å². The van der Waals surface area contributed by atoms with Crippen LogP contribution in [0.15, 0.2) is 18.2 Å². The summed E-state index contributed by atoms with van der Waals surface area (Å²) in [5, 5.41) is 12.3. The Bertz CT molecular complexity index is 692. The highest BCUT2D eigenvalue weighted by Crippen LogP contribution is 2.27. The van der Waals surface area contributed by atoms with Crippen LogP contribution in [0.3, 0.4) is 0 Å². The number of methoxy groups -OCH3 is 2. The molecule has 1 heterocycles. The number of carbonyl (C=O) groups is 1. The predicted molar refractivity (Wildman–Crippen MR) is 90.6 cm³/mol. The molecule has 1 N–H and O–H groups in total. The largest absolute Gasteiger partial charge is 0.497 e. The number of benzene rings is 1. The van der Waals surface area contributed by atoms with E-state index in [2.05, 4.69) is 36.3 Å². The van der Waals surface area contributed by atoms with E-state index in [-0.39, 0.29) is 11.3 Å². The van der Waals surface area contributed by atoms with Gasteiger partial charge >= 0.3 is 0 Å². The predicted octanol–water partition coefficient (Wildman–Crippen LogP) is 3.40. The molecule has 7 heteroatoms. The van der Waals surface area contributed by atoms with Crippen LogP contribution in [0.4, 0.5) is 5.13 Å². The number of ether oxygens (including phenoxy) is 2. The van der Waals surface area contributed by atoms with E-state index < -0.39 is 0 Å². The van der Waals surface area contributed by atoms with Crippen molar-refractivity contribution in [3.05, 3.63) is 28.8 Å². The maximum absolute atomic E-state index is 12.4. The summed E-state index contributed by atoms with van der Waals surface area (Å²) in [6, 6.07) is 5.03. The minimum Gasteiger partial charge on any atom is -0.497 e. The minimum absolute atomic E-state index is 0.125. The van der Waals surface area contributed by atoms with Crippen LogP contribution in [0.5, 0.6) is 11.5 Å². The smallest absolute Gasteiger partial charge is 0.261 e. The zero-order valence-electron chi connectivity index (χ0n) is 14.0. The molecule has 0 unspecified atom stereocenters. The molecule has 124 valence electrons. The Hall–Kier alpha value is -2.15. The lowest BCUT2D eigenvalue weighted by Gasteiger charge is -2.14. The van der Waals surface area contributed by atoms with Gasteiger partial charge in [0.15, 0.2) is 0 Å². The Labute approximate surface area is 139 Å². The molecule has 0 aliphatic carbocycles. The minimum atomic E-state index is -0.289. The molecule has 0 spiro atoms. The summed E-state index contributed by atoms with van der Waals surface area (Å²) in [7, 11) is 3.07. The van der Waals surface area contributed by atoms with Crippen molar-refractivity contribution in [3.8, 4) is 11.5 Å². The molecule has 0 aliphatic rings. The SMILES string of the molecule is COc1ccc(C(=O)Nc2nnc(CC(C)(C)C)s2)c(OC)c1. The summed E-state index contributed by atoms with van der Waals surface area (Å²) in [5.41, 5.74) is 0.542. The lowest BCUT2D eigenvalue weighted by Crippen LogP contribution is -2.13. The fraction of sp³-hybridized carbons (Fsp3) is 0.438. The summed E-state index contributed by atoms with van der Waals surface area (Å²) >= 11 is 1.38. The number of amides is 1. The number of anilines is 1. The van der Waals surface area contributed by atoms with Gasteiger partial charge in [0, 0.05) is 12.5 Å². The van der Waals surface area contributed by atoms with Crippen LogP contribution in [0.2, 0.25) is 0 Å². The van der Waals surface area contributed by atoms with E-state index in [1.165, 1.54) is 18.4 Å².